The number of aliphatic carboxylic acids is 4. The number of carboxylic acids is 4. The molecule has 47 heteroatoms. The van der Waals surface area contributed by atoms with Gasteiger partial charge in [-0.2, -0.15) is 0 Å². The lowest BCUT2D eigenvalue weighted by molar-refractivity contribution is -0.149. The number of benzene rings is 3. The fourth-order valence-corrected chi connectivity index (χ4v) is 19.1. The summed E-state index contributed by atoms with van der Waals surface area (Å²) >= 11 is 0.628. The van der Waals surface area contributed by atoms with Crippen LogP contribution in [0.4, 0.5) is 4.39 Å². The zero-order valence-corrected chi connectivity index (χ0v) is 82.7. The van der Waals surface area contributed by atoms with E-state index in [-0.39, 0.29) is 115 Å². The first-order valence-corrected chi connectivity index (χ1v) is 49.9. The lowest BCUT2D eigenvalue weighted by atomic mass is 9.97. The Morgan fingerprint density at radius 3 is 1.75 bits per heavy atom. The third-order valence-corrected chi connectivity index (χ3v) is 27.3. The molecule has 0 radical (unpaired) electrons. The molecule has 4 saturated heterocycles. The Bertz CT molecular complexity index is 5560. The SMILES string of the molecule is C#CC[C@H](NC(=O)CNC(=O)[C@@H]1CSCC(=O)N[C@@H](Cc2ccc(F)cc2)C(=O)N2CCCC[C@H]2C(=O)N[C@@H](CC(=O)O)C(=O)N2CCC[C@H]2C(=O)N[C@@H](CN)C(=O)N[C@@H](CC(C)CC)C(=O)N2C[C@H](O)C[C@H]2C(=O)N[C@@H](Cc2c[nH]c3ccccc23)C(=O)N[C@@H](CCN)C(=O)N[C@@H](Cc2cn(CC(=O)O)c3ccccc23)C(=O)N(C)[C@@H](CCCC)C(=O)N(C)[C@@H](CCCC)C(=O)N[C@@H](CCC(=O)O)C(=O)N1)C(=O)O. The number of rotatable bonds is 31. The third-order valence-electron chi connectivity index (χ3n) is 26.3. The molecule has 4 fully saturated rings. The molecular formula is C98H133FN20O25S. The summed E-state index contributed by atoms with van der Waals surface area (Å²) in [5.74, 6) is -22.5. The van der Waals surface area contributed by atoms with Crippen molar-refractivity contribution in [3.63, 3.8) is 0 Å². The zero-order chi connectivity index (χ0) is 106. The van der Waals surface area contributed by atoms with E-state index < -0.39 is 297 Å². The molecule has 788 valence electrons. The summed E-state index contributed by atoms with van der Waals surface area (Å²) in [7, 11) is 2.51. The number of fused-ring (bicyclic) bond motifs is 5. The van der Waals surface area contributed by atoms with E-state index in [0.717, 1.165) is 36.6 Å². The second-order valence-electron chi connectivity index (χ2n) is 36.9. The van der Waals surface area contributed by atoms with Gasteiger partial charge in [0.1, 0.15) is 103 Å². The number of likely N-dealkylation sites (N-methyl/N-ethyl adjacent to an activating group) is 2. The van der Waals surface area contributed by atoms with Crippen LogP contribution in [0.25, 0.3) is 21.8 Å². The van der Waals surface area contributed by atoms with Gasteiger partial charge in [-0.3, -0.25) is 91.1 Å². The molecule has 3 aromatic carbocycles. The van der Waals surface area contributed by atoms with E-state index >= 15 is 43.2 Å². The highest BCUT2D eigenvalue weighted by atomic mass is 32.2. The summed E-state index contributed by atoms with van der Waals surface area (Å²) in [6, 6.07) is -6.58. The molecule has 0 aliphatic carbocycles. The van der Waals surface area contributed by atoms with Crippen molar-refractivity contribution in [2.75, 3.05) is 64.9 Å². The van der Waals surface area contributed by atoms with Crippen molar-refractivity contribution < 1.29 is 126 Å². The van der Waals surface area contributed by atoms with E-state index in [1.165, 1.54) is 37.0 Å². The number of terminal acetylenes is 1. The van der Waals surface area contributed by atoms with Crippen LogP contribution in [-0.2, 0) is 122 Å². The second kappa shape index (κ2) is 55.1. The van der Waals surface area contributed by atoms with E-state index in [4.69, 9.17) is 17.9 Å². The first-order valence-electron chi connectivity index (χ1n) is 48.7. The quantitative estimate of drug-likeness (QED) is 0.0228. The molecule has 0 saturated carbocycles. The molecule has 4 aliphatic heterocycles. The molecule has 5 aromatic rings. The van der Waals surface area contributed by atoms with Crippen LogP contribution in [0.1, 0.15) is 166 Å². The molecule has 0 bridgehead atoms. The van der Waals surface area contributed by atoms with Crippen molar-refractivity contribution in [3.05, 3.63) is 108 Å². The lowest BCUT2D eigenvalue weighted by Crippen LogP contribution is -2.62. The number of nitrogens with two attached hydrogens (primary N) is 2. The molecule has 45 nitrogen and oxygen atoms in total. The van der Waals surface area contributed by atoms with Crippen LogP contribution in [-0.4, -0.2) is 340 Å². The fourth-order valence-electron chi connectivity index (χ4n) is 18.3. The van der Waals surface area contributed by atoms with E-state index in [1.807, 2.05) is 0 Å². The van der Waals surface area contributed by atoms with Crippen molar-refractivity contribution in [3.8, 4) is 12.3 Å². The van der Waals surface area contributed by atoms with Crippen LogP contribution in [0.5, 0.6) is 0 Å². The predicted molar refractivity (Wildman–Crippen MR) is 524 cm³/mol. The highest BCUT2D eigenvalue weighted by Crippen LogP contribution is 2.30. The Kier molecular flexibility index (Phi) is 43.5. The smallest absolute Gasteiger partial charge is 0.327 e. The fraction of sp³-hybridized carbons (Fsp3) is 0.551. The number of aliphatic hydroxyl groups excluding tert-OH is 1. The predicted octanol–water partition coefficient (Wildman–Crippen LogP) is -1.36. The standard InChI is InChI=1S/C98H133FN20O25S/c1-8-12-25-74-89(134)107-63(34-35-81(123)124)85(130)113-72(84(129)103-48-79(121)104-65(21-10-3)98(143)144)52-145-53-80(122)105-68(41-55-30-32-58(99)33-31-55)94(139)117-38-19-18-28-75(117)90(135)111-70(45-82(125)126)95(140)118-39-20-29-76(118)91(136)112-71(46-101)88(133)109-67(40-54(5)11-4)96(141)119-50-59(120)44-78(119)92(137)108-66(42-56-47-102-62-24-16-14-22-60(56)62)87(132)106-64(36-37-100)86(131)110-69(93(138)115(7)77(26-13-9-2)97(142)114(74)6)43-57-49-116(51-83(127)128)73-27-17-15-23-61(57)73/h3,14-17,22-24,27,30-33,47,49,54,59,63-72,74-78,102,120H,8-9,11-13,18-21,25-26,28-29,34-46,48,50-53,100-101H2,1-2,4-7H3,(H,103,129)(H,104,121)(H,105,122)(H,106,132)(H,107,134)(H,108,137)(H,109,133)(H,110,131)(H,111,135)(H,112,136)(H,113,130)(H,123,124)(H,125,126)(H,127,128)(H,143,144)/t54?,59-,63+,64+,65+,66+,67+,68+,69+,70+,71+,72+,74+,75+,76+,77+,78+/m1/s1. The van der Waals surface area contributed by atoms with Crippen molar-refractivity contribution >= 4 is 152 Å². The Morgan fingerprint density at radius 1 is 0.559 bits per heavy atom. The van der Waals surface area contributed by atoms with E-state index in [9.17, 15) is 82.7 Å². The number of aromatic nitrogens is 2. The van der Waals surface area contributed by atoms with Crippen LogP contribution >= 0.6 is 11.8 Å². The summed E-state index contributed by atoms with van der Waals surface area (Å²) in [5.41, 5.74) is 14.5. The molecular weight excluding hydrogens is 1910 g/mol. The minimum absolute atomic E-state index is 0.0773. The number of hydrogen-bond donors (Lipinski definition) is 19. The molecule has 16 amide bonds. The van der Waals surface area contributed by atoms with Gasteiger partial charge in [-0.15, -0.1) is 24.1 Å². The third kappa shape index (κ3) is 31.9. The Labute approximate surface area is 840 Å². The average Bonchev–Trinajstić information content (AvgIpc) is 1.63. The minimum Gasteiger partial charge on any atom is -0.481 e. The van der Waals surface area contributed by atoms with Gasteiger partial charge in [0.25, 0.3) is 0 Å². The highest BCUT2D eigenvalue weighted by molar-refractivity contribution is 8.00. The summed E-state index contributed by atoms with van der Waals surface area (Å²) in [6.45, 7) is 3.77. The van der Waals surface area contributed by atoms with Crippen molar-refractivity contribution in [2.24, 2.45) is 17.4 Å². The van der Waals surface area contributed by atoms with Gasteiger partial charge in [-0.25, -0.2) is 9.18 Å². The van der Waals surface area contributed by atoms with Crippen LogP contribution < -0.4 is 70.0 Å². The molecule has 1 unspecified atom stereocenters. The first-order chi connectivity index (χ1) is 69.1. The number of hydrogen-bond acceptors (Lipinski definition) is 24. The van der Waals surface area contributed by atoms with E-state index in [2.05, 4.69) is 69.4 Å². The highest BCUT2D eigenvalue weighted by Gasteiger charge is 2.48. The number of carbonyl (C=O) groups excluding carboxylic acids is 16. The summed E-state index contributed by atoms with van der Waals surface area (Å²) in [4.78, 5) is 299. The Hall–Kier alpha value is -14.1. The second-order valence-corrected chi connectivity index (χ2v) is 38.0. The minimum atomic E-state index is -1.93. The summed E-state index contributed by atoms with van der Waals surface area (Å²) in [6.07, 6.45) is 3.73. The number of carboxylic acid groups (broad SMARTS) is 4. The van der Waals surface area contributed by atoms with Crippen LogP contribution in [0.2, 0.25) is 0 Å². The van der Waals surface area contributed by atoms with E-state index in [1.54, 1.807) is 82.4 Å². The maximum absolute atomic E-state index is 16.0. The molecule has 145 heavy (non-hydrogen) atoms. The number of unbranched alkanes of at least 4 members (excludes halogenated alkanes) is 2. The number of nitrogens with zero attached hydrogens (tertiary/aromatic N) is 6. The monoisotopic (exact) mass is 2040 g/mol. The first kappa shape index (κ1) is 114. The molecule has 21 N–H and O–H groups in total. The van der Waals surface area contributed by atoms with Gasteiger partial charge in [-0.1, -0.05) is 108 Å². The van der Waals surface area contributed by atoms with Crippen molar-refractivity contribution in [1.82, 2.24) is 92.5 Å². The maximum atomic E-state index is 16.0. The number of carbonyl (C=O) groups is 20. The van der Waals surface area contributed by atoms with E-state index in [0.29, 0.717) is 64.0 Å². The molecule has 4 aliphatic rings. The number of aliphatic hydroxyl groups is 1. The van der Waals surface area contributed by atoms with Crippen LogP contribution in [0.15, 0.2) is 85.2 Å². The zero-order valence-electron chi connectivity index (χ0n) is 81.9. The largest absolute Gasteiger partial charge is 0.481 e. The molecule has 2 aromatic heterocycles. The molecule has 6 heterocycles. The van der Waals surface area contributed by atoms with Crippen LogP contribution in [0, 0.1) is 24.1 Å². The normalized spacial score (nSPS) is 24.6. The van der Waals surface area contributed by atoms with Gasteiger partial charge in [-0.05, 0) is 118 Å². The number of thioether (sulfide) groups is 1. The number of H-pyrrole nitrogens is 1. The Balaban J connectivity index is 1.13. The van der Waals surface area contributed by atoms with Gasteiger partial charge < -0.3 is 130 Å². The number of aromatic amines is 1. The number of nitrogens with one attached hydrogen (secondary N) is 12. The molecule has 0 spiro atoms. The van der Waals surface area contributed by atoms with Gasteiger partial charge in [0, 0.05) is 119 Å². The number of para-hydroxylation sites is 2. The van der Waals surface area contributed by atoms with Crippen LogP contribution in [0.3, 0.4) is 0 Å². The lowest BCUT2D eigenvalue weighted by Gasteiger charge is -2.38. The number of piperidine rings is 1. The van der Waals surface area contributed by atoms with Gasteiger partial charge in [0.15, 0.2) is 0 Å². The number of halogens is 1. The number of amides is 16. The molecule has 17 atom stereocenters. The summed E-state index contributed by atoms with van der Waals surface area (Å²) in [5, 5.41) is 81.0. The molecule has 9 rings (SSSR count). The summed E-state index contributed by atoms with van der Waals surface area (Å²) < 4.78 is 16.0. The Morgan fingerprint density at radius 2 is 1.11 bits per heavy atom. The van der Waals surface area contributed by atoms with Gasteiger partial charge in [0.2, 0.25) is 94.5 Å². The topological polar surface area (TPSA) is 664 Å². The van der Waals surface area contributed by atoms with Gasteiger partial charge in [0.05, 0.1) is 24.8 Å². The van der Waals surface area contributed by atoms with Crippen molar-refractivity contribution in [2.45, 2.75) is 272 Å². The maximum Gasteiger partial charge on any atom is 0.327 e. The van der Waals surface area contributed by atoms with Crippen molar-refractivity contribution in [1.29, 1.82) is 0 Å². The van der Waals surface area contributed by atoms with Gasteiger partial charge >= 0.3 is 23.9 Å². The average molecular weight is 2040 g/mol.